The lowest BCUT2D eigenvalue weighted by Crippen LogP contribution is -2.46. The van der Waals surface area contributed by atoms with Crippen molar-refractivity contribution in [3.05, 3.63) is 42.1 Å². The lowest BCUT2D eigenvalue weighted by molar-refractivity contribution is -0.192. The lowest BCUT2D eigenvalue weighted by Gasteiger charge is -2.40. The Labute approximate surface area is 182 Å². The predicted molar refractivity (Wildman–Crippen MR) is 105 cm³/mol. The molecule has 2 aliphatic rings. The van der Waals surface area contributed by atoms with Crippen molar-refractivity contribution in [3.8, 4) is 0 Å². The molecule has 2 N–H and O–H groups in total. The molecule has 0 bridgehead atoms. The number of ether oxygens (including phenoxy) is 1. The second kappa shape index (κ2) is 10.6. The van der Waals surface area contributed by atoms with E-state index in [1.54, 1.807) is 12.1 Å². The molecule has 0 spiro atoms. The lowest BCUT2D eigenvalue weighted by atomic mass is 10.0. The normalized spacial score (nSPS) is 19.5. The van der Waals surface area contributed by atoms with E-state index in [2.05, 4.69) is 26.1 Å². The Balaban J connectivity index is 0.000000360. The minimum Gasteiger partial charge on any atom is -0.475 e. The number of rotatable bonds is 5. The molecule has 1 fully saturated rings. The highest BCUT2D eigenvalue weighted by Gasteiger charge is 2.38. The Morgan fingerprint density at radius 1 is 1.25 bits per heavy atom. The fourth-order valence-electron chi connectivity index (χ4n) is 3.81. The van der Waals surface area contributed by atoms with Gasteiger partial charge in [0.05, 0.1) is 18.0 Å². The van der Waals surface area contributed by atoms with E-state index in [1.807, 2.05) is 6.20 Å². The number of fused-ring (bicyclic) bond motifs is 1. The van der Waals surface area contributed by atoms with Gasteiger partial charge in [0, 0.05) is 45.1 Å². The first kappa shape index (κ1) is 23.8. The van der Waals surface area contributed by atoms with E-state index in [0.717, 1.165) is 45.6 Å². The zero-order chi connectivity index (χ0) is 23.1. The number of nitrogens with one attached hydrogen (secondary N) is 1. The number of furan rings is 1. The monoisotopic (exact) mass is 458 g/mol. The summed E-state index contributed by atoms with van der Waals surface area (Å²) in [4.78, 5) is 23.5. The largest absolute Gasteiger partial charge is 0.490 e. The summed E-state index contributed by atoms with van der Waals surface area (Å²) in [7, 11) is 0. The van der Waals surface area contributed by atoms with Gasteiger partial charge < -0.3 is 19.6 Å². The Hall–Kier alpha value is -2.86. The van der Waals surface area contributed by atoms with Gasteiger partial charge in [-0.15, -0.1) is 0 Å². The van der Waals surface area contributed by atoms with E-state index in [4.69, 9.17) is 19.1 Å². The third kappa shape index (κ3) is 6.33. The van der Waals surface area contributed by atoms with Crippen LogP contribution >= 0.6 is 0 Å². The molecule has 9 nitrogen and oxygen atoms in total. The summed E-state index contributed by atoms with van der Waals surface area (Å²) in [6.07, 6.45) is 1.34. The third-order valence-electron chi connectivity index (χ3n) is 5.37. The number of hydrogen-bond acceptors (Lipinski definition) is 6. The van der Waals surface area contributed by atoms with Gasteiger partial charge in [-0.25, -0.2) is 4.79 Å². The number of carbonyl (C=O) groups is 2. The molecule has 0 radical (unpaired) electrons. The first-order valence-electron chi connectivity index (χ1n) is 10.2. The number of carboxylic acids is 1. The molecular formula is C20H25F3N4O5. The van der Waals surface area contributed by atoms with Crippen LogP contribution in [-0.4, -0.2) is 70.2 Å². The van der Waals surface area contributed by atoms with Gasteiger partial charge in [-0.3, -0.25) is 14.4 Å². The van der Waals surface area contributed by atoms with E-state index in [1.165, 1.54) is 12.0 Å². The smallest absolute Gasteiger partial charge is 0.475 e. The SMILES string of the molecule is O=C(NCCC1CN(C2CCOCC2)Cc2ccnn21)c1ccco1.O=C(O)C(F)(F)F. The van der Waals surface area contributed by atoms with Crippen molar-refractivity contribution in [2.24, 2.45) is 0 Å². The number of amides is 1. The summed E-state index contributed by atoms with van der Waals surface area (Å²) >= 11 is 0. The van der Waals surface area contributed by atoms with Crippen molar-refractivity contribution in [1.82, 2.24) is 20.0 Å². The standard InChI is InChI=1S/C18H24N4O3.C2HF3O2/c23-18(17-2-1-9-25-17)19-7-3-15-12-21(14-5-10-24-11-6-14)13-16-4-8-20-22(15)16;3-2(4,5)1(6)7/h1-2,4,8-9,14-15H,3,5-7,10-13H2,(H,19,23);(H,6,7). The number of nitrogens with zero attached hydrogens (tertiary/aromatic N) is 3. The number of carbonyl (C=O) groups excluding carboxylic acids is 1. The second-order valence-corrected chi connectivity index (χ2v) is 7.52. The van der Waals surface area contributed by atoms with E-state index in [0.29, 0.717) is 18.3 Å². The Bertz CT molecular complexity index is 878. The molecule has 2 aliphatic heterocycles. The molecule has 32 heavy (non-hydrogen) atoms. The van der Waals surface area contributed by atoms with Gasteiger partial charge in [0.2, 0.25) is 0 Å². The van der Waals surface area contributed by atoms with Gasteiger partial charge >= 0.3 is 12.1 Å². The van der Waals surface area contributed by atoms with Crippen LogP contribution in [-0.2, 0) is 16.1 Å². The van der Waals surface area contributed by atoms with Crippen molar-refractivity contribution < 1.29 is 37.0 Å². The Morgan fingerprint density at radius 3 is 2.59 bits per heavy atom. The molecule has 0 aromatic carbocycles. The highest BCUT2D eigenvalue weighted by molar-refractivity contribution is 5.91. The predicted octanol–water partition coefficient (Wildman–Crippen LogP) is 2.47. The van der Waals surface area contributed by atoms with Crippen LogP contribution < -0.4 is 5.32 Å². The van der Waals surface area contributed by atoms with Gasteiger partial charge in [0.15, 0.2) is 5.76 Å². The number of aliphatic carboxylic acids is 1. The summed E-state index contributed by atoms with van der Waals surface area (Å²) in [6.45, 7) is 4.22. The summed E-state index contributed by atoms with van der Waals surface area (Å²) in [5.74, 6) is -2.57. The van der Waals surface area contributed by atoms with E-state index < -0.39 is 12.1 Å². The molecular weight excluding hydrogens is 433 g/mol. The van der Waals surface area contributed by atoms with Crippen LogP contribution in [0.3, 0.4) is 0 Å². The molecule has 12 heteroatoms. The van der Waals surface area contributed by atoms with Crippen LogP contribution in [0, 0.1) is 0 Å². The van der Waals surface area contributed by atoms with E-state index in [-0.39, 0.29) is 11.9 Å². The highest BCUT2D eigenvalue weighted by atomic mass is 19.4. The number of halogens is 3. The molecule has 2 aromatic rings. The van der Waals surface area contributed by atoms with Gasteiger partial charge in [0.25, 0.3) is 5.91 Å². The van der Waals surface area contributed by atoms with Gasteiger partial charge in [-0.2, -0.15) is 18.3 Å². The van der Waals surface area contributed by atoms with Crippen molar-refractivity contribution in [2.75, 3.05) is 26.3 Å². The number of carboxylic acid groups (broad SMARTS) is 1. The number of alkyl halides is 3. The maximum Gasteiger partial charge on any atom is 0.490 e. The van der Waals surface area contributed by atoms with Crippen molar-refractivity contribution in [1.29, 1.82) is 0 Å². The minimum atomic E-state index is -5.08. The van der Waals surface area contributed by atoms with Crippen LogP contribution in [0.5, 0.6) is 0 Å². The third-order valence-corrected chi connectivity index (χ3v) is 5.37. The maximum absolute atomic E-state index is 12.0. The van der Waals surface area contributed by atoms with E-state index >= 15 is 0 Å². The molecule has 2 aromatic heterocycles. The first-order valence-corrected chi connectivity index (χ1v) is 10.2. The fraction of sp³-hybridized carbons (Fsp3) is 0.550. The minimum absolute atomic E-state index is 0.164. The van der Waals surface area contributed by atoms with Gasteiger partial charge in [0.1, 0.15) is 0 Å². The van der Waals surface area contributed by atoms with Crippen molar-refractivity contribution in [3.63, 3.8) is 0 Å². The van der Waals surface area contributed by atoms with E-state index in [9.17, 15) is 18.0 Å². The molecule has 1 atom stereocenters. The Kier molecular flexibility index (Phi) is 7.91. The quantitative estimate of drug-likeness (QED) is 0.708. The molecule has 1 unspecified atom stereocenters. The van der Waals surface area contributed by atoms with Gasteiger partial charge in [-0.1, -0.05) is 0 Å². The summed E-state index contributed by atoms with van der Waals surface area (Å²) in [5, 5.41) is 14.6. The average Bonchev–Trinajstić information content (AvgIpc) is 3.46. The van der Waals surface area contributed by atoms with Crippen molar-refractivity contribution in [2.45, 2.75) is 44.1 Å². The topological polar surface area (TPSA) is 110 Å². The molecule has 4 rings (SSSR count). The maximum atomic E-state index is 12.0. The van der Waals surface area contributed by atoms with Crippen LogP contribution in [0.15, 0.2) is 35.1 Å². The zero-order valence-electron chi connectivity index (χ0n) is 17.3. The number of hydrogen-bond donors (Lipinski definition) is 2. The van der Waals surface area contributed by atoms with Crippen LogP contribution in [0.2, 0.25) is 0 Å². The molecule has 4 heterocycles. The molecule has 1 saturated heterocycles. The van der Waals surface area contributed by atoms with Crippen LogP contribution in [0.1, 0.15) is 41.6 Å². The molecule has 0 aliphatic carbocycles. The van der Waals surface area contributed by atoms with Crippen molar-refractivity contribution >= 4 is 11.9 Å². The second-order valence-electron chi connectivity index (χ2n) is 7.52. The average molecular weight is 458 g/mol. The summed E-state index contributed by atoms with van der Waals surface area (Å²) < 4.78 is 44.5. The first-order chi connectivity index (χ1) is 15.3. The van der Waals surface area contributed by atoms with Crippen LogP contribution in [0.25, 0.3) is 0 Å². The highest BCUT2D eigenvalue weighted by Crippen LogP contribution is 2.27. The van der Waals surface area contributed by atoms with Gasteiger partial charge in [-0.05, 0) is 37.5 Å². The summed E-state index contributed by atoms with van der Waals surface area (Å²) in [5.41, 5.74) is 1.25. The molecule has 176 valence electrons. The zero-order valence-corrected chi connectivity index (χ0v) is 17.3. The van der Waals surface area contributed by atoms with Crippen LogP contribution in [0.4, 0.5) is 13.2 Å². The number of aromatic nitrogens is 2. The fourth-order valence-corrected chi connectivity index (χ4v) is 3.81. The molecule has 0 saturated carbocycles. The summed E-state index contributed by atoms with van der Waals surface area (Å²) in [6, 6.07) is 6.35. The molecule has 1 amide bonds. The Morgan fingerprint density at radius 2 is 1.97 bits per heavy atom.